The summed E-state index contributed by atoms with van der Waals surface area (Å²) in [5.74, 6) is -1.89. The molecule has 0 saturated heterocycles. The molecule has 0 unspecified atom stereocenters. The van der Waals surface area contributed by atoms with E-state index >= 15 is 0 Å². The molecule has 0 spiro atoms. The van der Waals surface area contributed by atoms with Crippen molar-refractivity contribution in [1.82, 2.24) is 4.98 Å². The summed E-state index contributed by atoms with van der Waals surface area (Å²) in [6, 6.07) is 4.11. The van der Waals surface area contributed by atoms with Crippen LogP contribution in [-0.2, 0) is 5.41 Å². The maximum absolute atomic E-state index is 13.3. The van der Waals surface area contributed by atoms with E-state index in [9.17, 15) is 8.78 Å². The van der Waals surface area contributed by atoms with Crippen molar-refractivity contribution in [3.8, 4) is 0 Å². The zero-order chi connectivity index (χ0) is 13.5. The summed E-state index contributed by atoms with van der Waals surface area (Å²) in [5, 5.41) is 0. The monoisotopic (exact) mass is 266 g/mol. The van der Waals surface area contributed by atoms with E-state index in [1.54, 1.807) is 0 Å². The lowest BCUT2D eigenvalue weighted by molar-refractivity contribution is -0.0509. The minimum absolute atomic E-state index is 0.0609. The second-order valence-electron chi connectivity index (χ2n) is 6.09. The molecule has 0 bridgehead atoms. The van der Waals surface area contributed by atoms with E-state index in [2.05, 4.69) is 17.1 Å². The highest BCUT2D eigenvalue weighted by atomic mass is 19.3. The SMILES string of the molecule is NCC1(c2ccc(C3CC3)nc2)CCC(F)(F)CC1. The van der Waals surface area contributed by atoms with Gasteiger partial charge in [-0.1, -0.05) is 6.07 Å². The van der Waals surface area contributed by atoms with E-state index in [0.717, 1.165) is 11.3 Å². The highest BCUT2D eigenvalue weighted by Crippen LogP contribution is 2.45. The van der Waals surface area contributed by atoms with Crippen molar-refractivity contribution in [3.05, 3.63) is 29.6 Å². The van der Waals surface area contributed by atoms with Crippen LogP contribution in [0.15, 0.2) is 18.3 Å². The van der Waals surface area contributed by atoms with E-state index in [1.165, 1.54) is 12.8 Å². The average molecular weight is 266 g/mol. The van der Waals surface area contributed by atoms with Crippen LogP contribution in [0.2, 0.25) is 0 Å². The third-order valence-corrected chi connectivity index (χ3v) is 4.72. The van der Waals surface area contributed by atoms with Crippen LogP contribution in [0.1, 0.15) is 55.7 Å². The number of hydrogen-bond acceptors (Lipinski definition) is 2. The van der Waals surface area contributed by atoms with E-state index in [4.69, 9.17) is 5.73 Å². The highest BCUT2D eigenvalue weighted by molar-refractivity contribution is 5.28. The molecule has 2 fully saturated rings. The van der Waals surface area contributed by atoms with E-state index < -0.39 is 5.92 Å². The van der Waals surface area contributed by atoms with Gasteiger partial charge in [0.1, 0.15) is 0 Å². The molecule has 2 saturated carbocycles. The molecule has 0 amide bonds. The Labute approximate surface area is 112 Å². The second-order valence-corrected chi connectivity index (χ2v) is 6.09. The normalized spacial score (nSPS) is 25.2. The predicted octanol–water partition coefficient (Wildman–Crippen LogP) is 3.36. The molecular weight excluding hydrogens is 246 g/mol. The third-order valence-electron chi connectivity index (χ3n) is 4.72. The maximum Gasteiger partial charge on any atom is 0.248 e. The number of alkyl halides is 2. The van der Waals surface area contributed by atoms with Crippen molar-refractivity contribution < 1.29 is 8.78 Å². The summed E-state index contributed by atoms with van der Waals surface area (Å²) in [5.41, 5.74) is 7.77. The number of nitrogens with zero attached hydrogens (tertiary/aromatic N) is 1. The molecule has 4 heteroatoms. The minimum atomic E-state index is -2.51. The van der Waals surface area contributed by atoms with Crippen LogP contribution >= 0.6 is 0 Å². The molecule has 19 heavy (non-hydrogen) atoms. The summed E-state index contributed by atoms with van der Waals surface area (Å²) < 4.78 is 26.6. The summed E-state index contributed by atoms with van der Waals surface area (Å²) in [7, 11) is 0. The summed E-state index contributed by atoms with van der Waals surface area (Å²) in [6.07, 6.45) is 5.11. The molecule has 2 aliphatic carbocycles. The van der Waals surface area contributed by atoms with Gasteiger partial charge in [-0.15, -0.1) is 0 Å². The lowest BCUT2D eigenvalue weighted by Gasteiger charge is -2.39. The molecule has 1 heterocycles. The van der Waals surface area contributed by atoms with Crippen molar-refractivity contribution in [2.45, 2.75) is 55.8 Å². The van der Waals surface area contributed by atoms with Crippen LogP contribution in [0.5, 0.6) is 0 Å². The Bertz CT molecular complexity index is 442. The van der Waals surface area contributed by atoms with Crippen LogP contribution in [0.3, 0.4) is 0 Å². The molecule has 0 aromatic carbocycles. The molecule has 0 atom stereocenters. The number of nitrogens with two attached hydrogens (primary N) is 1. The van der Waals surface area contributed by atoms with Gasteiger partial charge in [-0.2, -0.15) is 0 Å². The summed E-state index contributed by atoms with van der Waals surface area (Å²) in [4.78, 5) is 4.50. The molecule has 3 rings (SSSR count). The van der Waals surface area contributed by atoms with Crippen molar-refractivity contribution in [3.63, 3.8) is 0 Å². The first kappa shape index (κ1) is 13.0. The van der Waals surface area contributed by atoms with Crippen LogP contribution in [0, 0.1) is 0 Å². The first-order valence-corrected chi connectivity index (χ1v) is 7.09. The topological polar surface area (TPSA) is 38.9 Å². The predicted molar refractivity (Wildman–Crippen MR) is 70.4 cm³/mol. The third kappa shape index (κ3) is 2.50. The zero-order valence-electron chi connectivity index (χ0n) is 11.0. The van der Waals surface area contributed by atoms with Crippen LogP contribution < -0.4 is 5.73 Å². The van der Waals surface area contributed by atoms with Crippen molar-refractivity contribution >= 4 is 0 Å². The first-order valence-electron chi connectivity index (χ1n) is 7.09. The van der Waals surface area contributed by atoms with E-state index in [1.807, 2.05) is 6.20 Å². The molecule has 1 aromatic rings. The fraction of sp³-hybridized carbons (Fsp3) is 0.667. The number of pyridine rings is 1. The minimum Gasteiger partial charge on any atom is -0.330 e. The number of aromatic nitrogens is 1. The lowest BCUT2D eigenvalue weighted by atomic mass is 9.69. The van der Waals surface area contributed by atoms with Crippen LogP contribution in [0.4, 0.5) is 8.78 Å². The molecule has 2 nitrogen and oxygen atoms in total. The summed E-state index contributed by atoms with van der Waals surface area (Å²) >= 11 is 0. The van der Waals surface area contributed by atoms with Crippen LogP contribution in [-0.4, -0.2) is 17.5 Å². The van der Waals surface area contributed by atoms with Gasteiger partial charge in [0.15, 0.2) is 0 Å². The first-order chi connectivity index (χ1) is 9.05. The Morgan fingerprint density at radius 1 is 1.16 bits per heavy atom. The highest BCUT2D eigenvalue weighted by Gasteiger charge is 2.43. The number of halogens is 2. The number of rotatable bonds is 3. The van der Waals surface area contributed by atoms with Gasteiger partial charge in [-0.05, 0) is 37.3 Å². The lowest BCUT2D eigenvalue weighted by Crippen LogP contribution is -2.42. The Morgan fingerprint density at radius 2 is 1.84 bits per heavy atom. The van der Waals surface area contributed by atoms with Gasteiger partial charge in [0.2, 0.25) is 5.92 Å². The molecule has 0 radical (unpaired) electrons. The van der Waals surface area contributed by atoms with Gasteiger partial charge in [0, 0.05) is 42.6 Å². The average Bonchev–Trinajstić information content (AvgIpc) is 3.24. The van der Waals surface area contributed by atoms with Gasteiger partial charge >= 0.3 is 0 Å². The molecule has 2 N–H and O–H groups in total. The standard InChI is InChI=1S/C15H20F2N2/c16-15(17)7-5-14(10-18,6-8-15)12-3-4-13(19-9-12)11-1-2-11/h3-4,9,11H,1-2,5-8,10,18H2. The van der Waals surface area contributed by atoms with Gasteiger partial charge < -0.3 is 5.73 Å². The number of hydrogen-bond donors (Lipinski definition) is 1. The fourth-order valence-corrected chi connectivity index (χ4v) is 3.04. The van der Waals surface area contributed by atoms with Gasteiger partial charge in [-0.25, -0.2) is 8.78 Å². The molecule has 2 aliphatic rings. The zero-order valence-corrected chi connectivity index (χ0v) is 11.0. The van der Waals surface area contributed by atoms with Crippen molar-refractivity contribution in [2.24, 2.45) is 5.73 Å². The Balaban J connectivity index is 1.81. The van der Waals surface area contributed by atoms with Gasteiger partial charge in [-0.3, -0.25) is 4.98 Å². The molecular formula is C15H20F2N2. The molecule has 0 aliphatic heterocycles. The Kier molecular flexibility index (Phi) is 3.08. The molecule has 104 valence electrons. The van der Waals surface area contributed by atoms with Gasteiger partial charge in [0.25, 0.3) is 0 Å². The van der Waals surface area contributed by atoms with Crippen LogP contribution in [0.25, 0.3) is 0 Å². The quantitative estimate of drug-likeness (QED) is 0.911. The van der Waals surface area contributed by atoms with Gasteiger partial charge in [0.05, 0.1) is 0 Å². The van der Waals surface area contributed by atoms with Crippen molar-refractivity contribution in [1.29, 1.82) is 0 Å². The maximum atomic E-state index is 13.3. The second kappa shape index (κ2) is 4.51. The van der Waals surface area contributed by atoms with Crippen molar-refractivity contribution in [2.75, 3.05) is 6.54 Å². The summed E-state index contributed by atoms with van der Waals surface area (Å²) in [6.45, 7) is 0.424. The smallest absolute Gasteiger partial charge is 0.248 e. The van der Waals surface area contributed by atoms with E-state index in [0.29, 0.717) is 25.3 Å². The largest absolute Gasteiger partial charge is 0.330 e. The Morgan fingerprint density at radius 3 is 2.32 bits per heavy atom. The molecule has 1 aromatic heterocycles. The van der Waals surface area contributed by atoms with E-state index in [-0.39, 0.29) is 18.3 Å². The Hall–Kier alpha value is -1.03. The fourth-order valence-electron chi connectivity index (χ4n) is 3.04.